The van der Waals surface area contributed by atoms with E-state index in [0.29, 0.717) is 17.3 Å². The van der Waals surface area contributed by atoms with Gasteiger partial charge in [-0.15, -0.1) is 35.3 Å². The second-order valence-corrected chi connectivity index (χ2v) is 9.05. The summed E-state index contributed by atoms with van der Waals surface area (Å²) in [5.74, 6) is 0.804. The van der Waals surface area contributed by atoms with Crippen LogP contribution in [0, 0.1) is 0 Å². The van der Waals surface area contributed by atoms with E-state index in [1.54, 1.807) is 24.6 Å². The third-order valence-electron chi connectivity index (χ3n) is 4.37. The number of thiophene rings is 1. The van der Waals surface area contributed by atoms with Gasteiger partial charge in [0.2, 0.25) is 10.0 Å². The fourth-order valence-electron chi connectivity index (χ4n) is 2.99. The molecule has 0 aliphatic carbocycles. The minimum atomic E-state index is -3.42. The van der Waals surface area contributed by atoms with E-state index in [4.69, 9.17) is 0 Å². The smallest absolute Gasteiger partial charge is 0.250 e. The van der Waals surface area contributed by atoms with Crippen LogP contribution in [0.2, 0.25) is 0 Å². The van der Waals surface area contributed by atoms with Gasteiger partial charge in [0, 0.05) is 52.0 Å². The number of hydrogen-bond acceptors (Lipinski definition) is 5. The SMILES string of the molecule is CN=C(NCCNS(=O)(=O)c1cccs1)N1CCN(c2ccccc2)CC1.I. The molecule has 2 heterocycles. The lowest BCUT2D eigenvalue weighted by molar-refractivity contribution is 0.373. The number of benzene rings is 1. The molecule has 10 heteroatoms. The number of rotatable bonds is 6. The maximum Gasteiger partial charge on any atom is 0.250 e. The molecular formula is C18H26IN5O2S2. The Morgan fingerprint density at radius 3 is 2.39 bits per heavy atom. The summed E-state index contributed by atoms with van der Waals surface area (Å²) in [6, 6.07) is 13.7. The molecule has 1 aromatic carbocycles. The molecule has 1 saturated heterocycles. The second kappa shape index (κ2) is 11.0. The monoisotopic (exact) mass is 535 g/mol. The topological polar surface area (TPSA) is 77.0 Å². The molecule has 2 N–H and O–H groups in total. The summed E-state index contributed by atoms with van der Waals surface area (Å²) in [5, 5.41) is 5.00. The molecule has 154 valence electrons. The Morgan fingerprint density at radius 1 is 1.07 bits per heavy atom. The average Bonchev–Trinajstić information content (AvgIpc) is 3.25. The Kier molecular flexibility index (Phi) is 8.99. The van der Waals surface area contributed by atoms with E-state index in [1.165, 1.54) is 17.0 Å². The molecule has 0 saturated carbocycles. The van der Waals surface area contributed by atoms with Crippen LogP contribution in [0.15, 0.2) is 57.0 Å². The van der Waals surface area contributed by atoms with Gasteiger partial charge in [-0.25, -0.2) is 13.1 Å². The molecule has 7 nitrogen and oxygen atoms in total. The summed E-state index contributed by atoms with van der Waals surface area (Å²) in [4.78, 5) is 8.89. The van der Waals surface area contributed by atoms with Crippen molar-refractivity contribution in [3.63, 3.8) is 0 Å². The van der Waals surface area contributed by atoms with Gasteiger partial charge >= 0.3 is 0 Å². The molecule has 1 fully saturated rings. The molecule has 1 aliphatic rings. The lowest BCUT2D eigenvalue weighted by atomic mass is 10.2. The van der Waals surface area contributed by atoms with Crippen LogP contribution in [-0.4, -0.2) is 65.6 Å². The van der Waals surface area contributed by atoms with Crippen LogP contribution in [0.5, 0.6) is 0 Å². The van der Waals surface area contributed by atoms with Gasteiger partial charge in [-0.2, -0.15) is 0 Å². The van der Waals surface area contributed by atoms with Gasteiger partial charge in [-0.05, 0) is 23.6 Å². The van der Waals surface area contributed by atoms with E-state index in [0.717, 1.165) is 32.1 Å². The third kappa shape index (κ3) is 6.06. The number of halogens is 1. The second-order valence-electron chi connectivity index (χ2n) is 6.11. The number of nitrogens with zero attached hydrogens (tertiary/aromatic N) is 3. The van der Waals surface area contributed by atoms with Gasteiger partial charge < -0.3 is 15.1 Å². The third-order valence-corrected chi connectivity index (χ3v) is 7.23. The molecule has 0 unspecified atom stereocenters. The van der Waals surface area contributed by atoms with Crippen LogP contribution in [0.3, 0.4) is 0 Å². The van der Waals surface area contributed by atoms with Crippen LogP contribution in [0.4, 0.5) is 5.69 Å². The predicted octanol–water partition coefficient (Wildman–Crippen LogP) is 2.04. The Bertz CT molecular complexity index is 836. The van der Waals surface area contributed by atoms with Crippen molar-refractivity contribution < 1.29 is 8.42 Å². The number of hydrogen-bond donors (Lipinski definition) is 2. The van der Waals surface area contributed by atoms with Crippen molar-refractivity contribution in [2.24, 2.45) is 4.99 Å². The Balaban J connectivity index is 0.00000280. The van der Waals surface area contributed by atoms with Gasteiger partial charge in [0.1, 0.15) is 4.21 Å². The molecule has 0 amide bonds. The highest BCUT2D eigenvalue weighted by molar-refractivity contribution is 14.0. The van der Waals surface area contributed by atoms with Gasteiger partial charge in [-0.3, -0.25) is 4.99 Å². The van der Waals surface area contributed by atoms with Crippen molar-refractivity contribution >= 4 is 57.0 Å². The average molecular weight is 535 g/mol. The molecular weight excluding hydrogens is 509 g/mol. The molecule has 0 atom stereocenters. The largest absolute Gasteiger partial charge is 0.368 e. The molecule has 1 aromatic heterocycles. The molecule has 28 heavy (non-hydrogen) atoms. The van der Waals surface area contributed by atoms with Gasteiger partial charge in [0.15, 0.2) is 5.96 Å². The predicted molar refractivity (Wildman–Crippen MR) is 127 cm³/mol. The summed E-state index contributed by atoms with van der Waals surface area (Å²) in [7, 11) is -1.66. The van der Waals surface area contributed by atoms with Gasteiger partial charge in [0.05, 0.1) is 0 Å². The summed E-state index contributed by atoms with van der Waals surface area (Å²) < 4.78 is 27.2. The first-order valence-electron chi connectivity index (χ1n) is 8.89. The first-order valence-corrected chi connectivity index (χ1v) is 11.3. The highest BCUT2D eigenvalue weighted by Crippen LogP contribution is 2.16. The number of anilines is 1. The van der Waals surface area contributed by atoms with E-state index in [-0.39, 0.29) is 24.0 Å². The Morgan fingerprint density at radius 2 is 1.79 bits per heavy atom. The number of para-hydroxylation sites is 1. The number of aliphatic imine (C=N–C) groups is 1. The zero-order valence-corrected chi connectivity index (χ0v) is 19.7. The molecule has 0 bridgehead atoms. The minimum absolute atomic E-state index is 0. The van der Waals surface area contributed by atoms with E-state index in [2.05, 4.69) is 49.1 Å². The van der Waals surface area contributed by atoms with Crippen LogP contribution >= 0.6 is 35.3 Å². The maximum absolute atomic E-state index is 12.1. The standard InChI is InChI=1S/C18H25N5O2S2.HI/c1-19-18(20-9-10-21-27(24,25)17-8-5-15-26-17)23-13-11-22(12-14-23)16-6-3-2-4-7-16;/h2-8,15,21H,9-14H2,1H3,(H,19,20);1H. The fourth-order valence-corrected chi connectivity index (χ4v) is 5.06. The van der Waals surface area contributed by atoms with Crippen molar-refractivity contribution in [3.8, 4) is 0 Å². The highest BCUT2D eigenvalue weighted by atomic mass is 127. The van der Waals surface area contributed by atoms with Crippen molar-refractivity contribution in [3.05, 3.63) is 47.8 Å². The van der Waals surface area contributed by atoms with Crippen LogP contribution in [-0.2, 0) is 10.0 Å². The zero-order valence-electron chi connectivity index (χ0n) is 15.7. The molecule has 0 spiro atoms. The summed E-state index contributed by atoms with van der Waals surface area (Å²) in [5.41, 5.74) is 1.24. The normalized spacial score (nSPS) is 15.2. The van der Waals surface area contributed by atoms with Crippen molar-refractivity contribution in [2.45, 2.75) is 4.21 Å². The van der Waals surface area contributed by atoms with Crippen molar-refractivity contribution in [1.29, 1.82) is 0 Å². The highest BCUT2D eigenvalue weighted by Gasteiger charge is 2.20. The number of nitrogens with one attached hydrogen (secondary N) is 2. The summed E-state index contributed by atoms with van der Waals surface area (Å²) in [6.07, 6.45) is 0. The number of piperazine rings is 1. The first kappa shape index (κ1) is 22.9. The molecule has 0 radical (unpaired) electrons. The summed E-state index contributed by atoms with van der Waals surface area (Å²) in [6.45, 7) is 4.38. The van der Waals surface area contributed by atoms with Crippen LogP contribution < -0.4 is 14.9 Å². The molecule has 1 aliphatic heterocycles. The van der Waals surface area contributed by atoms with E-state index >= 15 is 0 Å². The van der Waals surface area contributed by atoms with Crippen LogP contribution in [0.25, 0.3) is 0 Å². The number of guanidine groups is 1. The van der Waals surface area contributed by atoms with Crippen LogP contribution in [0.1, 0.15) is 0 Å². The van der Waals surface area contributed by atoms with E-state index in [1.807, 2.05) is 6.07 Å². The lowest BCUT2D eigenvalue weighted by Crippen LogP contribution is -2.53. The quantitative estimate of drug-likeness (QED) is 0.256. The lowest BCUT2D eigenvalue weighted by Gasteiger charge is -2.37. The zero-order chi connectivity index (χ0) is 19.1. The van der Waals surface area contributed by atoms with Crippen molar-refractivity contribution in [1.82, 2.24) is 14.9 Å². The molecule has 2 aromatic rings. The van der Waals surface area contributed by atoms with Crippen molar-refractivity contribution in [2.75, 3.05) is 51.2 Å². The van der Waals surface area contributed by atoms with Gasteiger partial charge in [-0.1, -0.05) is 24.3 Å². The Hall–Kier alpha value is -1.37. The first-order chi connectivity index (χ1) is 13.1. The number of sulfonamides is 1. The van der Waals surface area contributed by atoms with E-state index in [9.17, 15) is 8.42 Å². The minimum Gasteiger partial charge on any atom is -0.368 e. The van der Waals surface area contributed by atoms with E-state index < -0.39 is 10.0 Å². The van der Waals surface area contributed by atoms with Gasteiger partial charge in [0.25, 0.3) is 0 Å². The molecule has 3 rings (SSSR count). The summed E-state index contributed by atoms with van der Waals surface area (Å²) >= 11 is 1.21. The fraction of sp³-hybridized carbons (Fsp3) is 0.389. The maximum atomic E-state index is 12.1. The Labute approximate surface area is 187 Å².